The van der Waals surface area contributed by atoms with Gasteiger partial charge < -0.3 is 9.64 Å². The first-order valence-electron chi connectivity index (χ1n) is 8.39. The number of rotatable bonds is 5. The molecule has 0 spiro atoms. The van der Waals surface area contributed by atoms with Crippen molar-refractivity contribution in [3.05, 3.63) is 63.6 Å². The predicted octanol–water partition coefficient (Wildman–Crippen LogP) is 3.83. The van der Waals surface area contributed by atoms with Crippen LogP contribution in [-0.4, -0.2) is 43.9 Å². The average molecular weight is 428 g/mol. The number of carbonyl (C=O) groups excluding carboxylic acids is 1. The van der Waals surface area contributed by atoms with Crippen molar-refractivity contribution in [1.29, 1.82) is 0 Å². The zero-order chi connectivity index (χ0) is 19.6. The summed E-state index contributed by atoms with van der Waals surface area (Å²) in [6.07, 6.45) is 0.397. The van der Waals surface area contributed by atoms with Gasteiger partial charge in [-0.3, -0.25) is 4.79 Å². The summed E-state index contributed by atoms with van der Waals surface area (Å²) in [7, 11) is -1.67. The summed E-state index contributed by atoms with van der Waals surface area (Å²) in [4.78, 5) is 14.9. The number of amides is 1. The van der Waals surface area contributed by atoms with E-state index in [2.05, 4.69) is 0 Å². The van der Waals surface area contributed by atoms with E-state index in [1.165, 1.54) is 7.11 Å². The van der Waals surface area contributed by atoms with Crippen LogP contribution in [-0.2, 0) is 16.4 Å². The van der Waals surface area contributed by atoms with E-state index in [1.54, 1.807) is 47.4 Å². The van der Waals surface area contributed by atoms with Gasteiger partial charge in [0.25, 0.3) is 5.91 Å². The van der Waals surface area contributed by atoms with E-state index in [4.69, 9.17) is 27.9 Å². The molecule has 144 valence electrons. The van der Waals surface area contributed by atoms with Crippen molar-refractivity contribution in [2.24, 2.45) is 0 Å². The van der Waals surface area contributed by atoms with E-state index in [9.17, 15) is 13.2 Å². The maximum absolute atomic E-state index is 13.3. The fraction of sp³-hybridized carbons (Fsp3) is 0.316. The summed E-state index contributed by atoms with van der Waals surface area (Å²) >= 11 is 12.2. The van der Waals surface area contributed by atoms with Gasteiger partial charge in [-0.1, -0.05) is 41.4 Å². The number of ether oxygens (including phenoxy) is 1. The molecule has 0 bridgehead atoms. The lowest BCUT2D eigenvalue weighted by Gasteiger charge is -2.29. The van der Waals surface area contributed by atoms with Crippen LogP contribution >= 0.6 is 23.2 Å². The lowest BCUT2D eigenvalue weighted by molar-refractivity contribution is 0.0677. The Balaban J connectivity index is 1.98. The van der Waals surface area contributed by atoms with Crippen LogP contribution < -0.4 is 4.74 Å². The van der Waals surface area contributed by atoms with Gasteiger partial charge in [0, 0.05) is 22.6 Å². The van der Waals surface area contributed by atoms with Gasteiger partial charge in [-0.15, -0.1) is 0 Å². The Morgan fingerprint density at radius 1 is 1.22 bits per heavy atom. The summed E-state index contributed by atoms with van der Waals surface area (Å²) < 4.78 is 29.3. The van der Waals surface area contributed by atoms with Crippen LogP contribution in [0, 0.1) is 0 Å². The molecule has 1 atom stereocenters. The third-order valence-electron chi connectivity index (χ3n) is 4.60. The molecule has 2 aromatic carbocycles. The molecule has 27 heavy (non-hydrogen) atoms. The molecule has 2 aromatic rings. The number of hydrogen-bond donors (Lipinski definition) is 0. The Kier molecular flexibility index (Phi) is 5.99. The summed E-state index contributed by atoms with van der Waals surface area (Å²) in [6.45, 7) is 0.188. The smallest absolute Gasteiger partial charge is 0.258 e. The molecule has 1 aliphatic rings. The first kappa shape index (κ1) is 20.0. The van der Waals surface area contributed by atoms with Crippen molar-refractivity contribution < 1.29 is 17.9 Å². The molecule has 1 amide bonds. The van der Waals surface area contributed by atoms with Gasteiger partial charge in [-0.25, -0.2) is 8.42 Å². The minimum Gasteiger partial charge on any atom is -0.496 e. The molecule has 8 heteroatoms. The highest BCUT2D eigenvalue weighted by Gasteiger charge is 2.36. The zero-order valence-electron chi connectivity index (χ0n) is 14.7. The van der Waals surface area contributed by atoms with Crippen molar-refractivity contribution in [3.63, 3.8) is 0 Å². The number of methoxy groups -OCH3 is 1. The van der Waals surface area contributed by atoms with Crippen LogP contribution in [0.15, 0.2) is 42.5 Å². The third kappa shape index (κ3) is 4.57. The lowest BCUT2D eigenvalue weighted by Crippen LogP contribution is -2.40. The Hall–Kier alpha value is -1.76. The van der Waals surface area contributed by atoms with Crippen molar-refractivity contribution >= 4 is 38.9 Å². The molecule has 0 N–H and O–H groups in total. The van der Waals surface area contributed by atoms with E-state index >= 15 is 0 Å². The number of hydrogen-bond acceptors (Lipinski definition) is 4. The fourth-order valence-corrected chi connectivity index (χ4v) is 5.40. The molecule has 0 saturated carbocycles. The molecule has 1 aliphatic heterocycles. The first-order chi connectivity index (χ1) is 12.8. The molecular weight excluding hydrogens is 409 g/mol. The summed E-state index contributed by atoms with van der Waals surface area (Å²) in [5.74, 6) is 0.164. The number of sulfone groups is 1. The van der Waals surface area contributed by atoms with Crippen molar-refractivity contribution in [2.45, 2.75) is 19.0 Å². The number of para-hydroxylation sites is 1. The second-order valence-electron chi connectivity index (χ2n) is 6.43. The molecule has 1 fully saturated rings. The van der Waals surface area contributed by atoms with Crippen LogP contribution in [0.2, 0.25) is 10.0 Å². The normalized spacial score (nSPS) is 18.3. The highest BCUT2D eigenvalue weighted by Crippen LogP contribution is 2.28. The van der Waals surface area contributed by atoms with E-state index in [1.807, 2.05) is 0 Å². The van der Waals surface area contributed by atoms with Crippen LogP contribution in [0.5, 0.6) is 5.75 Å². The van der Waals surface area contributed by atoms with Crippen LogP contribution in [0.1, 0.15) is 22.3 Å². The van der Waals surface area contributed by atoms with Crippen LogP contribution in [0.3, 0.4) is 0 Å². The number of nitrogens with zero attached hydrogens (tertiary/aromatic N) is 1. The number of carbonyl (C=O) groups is 1. The summed E-state index contributed by atoms with van der Waals surface area (Å²) in [6, 6.07) is 11.5. The molecule has 0 aliphatic carbocycles. The van der Waals surface area contributed by atoms with E-state index in [-0.39, 0.29) is 24.0 Å². The molecule has 3 rings (SSSR count). The number of benzene rings is 2. The van der Waals surface area contributed by atoms with Crippen LogP contribution in [0.25, 0.3) is 0 Å². The monoisotopic (exact) mass is 427 g/mol. The fourth-order valence-electron chi connectivity index (χ4n) is 3.20. The van der Waals surface area contributed by atoms with Gasteiger partial charge in [0.15, 0.2) is 9.84 Å². The number of halogens is 2. The molecule has 1 unspecified atom stereocenters. The molecular formula is C19H19Cl2NO4S. The maximum atomic E-state index is 13.3. The average Bonchev–Trinajstić information content (AvgIpc) is 3.00. The minimum absolute atomic E-state index is 0.0565. The zero-order valence-corrected chi connectivity index (χ0v) is 17.0. The van der Waals surface area contributed by atoms with Gasteiger partial charge in [-0.2, -0.15) is 0 Å². The lowest BCUT2D eigenvalue weighted by atomic mass is 10.1. The topological polar surface area (TPSA) is 63.7 Å². The summed E-state index contributed by atoms with van der Waals surface area (Å²) in [5, 5.41) is 0.927. The van der Waals surface area contributed by atoms with Crippen molar-refractivity contribution in [1.82, 2.24) is 4.90 Å². The SMILES string of the molecule is COc1ccccc1C(=O)N(Cc1ccc(Cl)cc1Cl)C1CCS(=O)(=O)C1. The Bertz CT molecular complexity index is 962. The summed E-state index contributed by atoms with van der Waals surface area (Å²) in [5.41, 5.74) is 1.09. The molecule has 1 saturated heterocycles. The molecule has 0 radical (unpaired) electrons. The van der Waals surface area contributed by atoms with E-state index < -0.39 is 15.9 Å². The Labute approximate surface area is 168 Å². The van der Waals surface area contributed by atoms with Crippen LogP contribution in [0.4, 0.5) is 0 Å². The quantitative estimate of drug-likeness (QED) is 0.726. The Morgan fingerprint density at radius 3 is 2.59 bits per heavy atom. The van der Waals surface area contributed by atoms with Gasteiger partial charge in [0.05, 0.1) is 24.2 Å². The second-order valence-corrected chi connectivity index (χ2v) is 9.50. The maximum Gasteiger partial charge on any atom is 0.258 e. The minimum atomic E-state index is -3.16. The van der Waals surface area contributed by atoms with E-state index in [0.717, 1.165) is 0 Å². The van der Waals surface area contributed by atoms with Gasteiger partial charge in [0.1, 0.15) is 5.75 Å². The highest BCUT2D eigenvalue weighted by atomic mass is 35.5. The van der Waals surface area contributed by atoms with Gasteiger partial charge in [-0.05, 0) is 36.2 Å². The van der Waals surface area contributed by atoms with Gasteiger partial charge >= 0.3 is 0 Å². The largest absolute Gasteiger partial charge is 0.496 e. The third-order valence-corrected chi connectivity index (χ3v) is 6.94. The molecule has 0 aromatic heterocycles. The predicted molar refractivity (Wildman–Crippen MR) is 106 cm³/mol. The standard InChI is InChI=1S/C19H19Cl2NO4S/c1-26-18-5-3-2-4-16(18)19(23)22(15-8-9-27(24,25)12-15)11-13-6-7-14(20)10-17(13)21/h2-7,10,15H,8-9,11-12H2,1H3. The van der Waals surface area contributed by atoms with Gasteiger partial charge in [0.2, 0.25) is 0 Å². The second kappa shape index (κ2) is 8.09. The Morgan fingerprint density at radius 2 is 1.96 bits per heavy atom. The van der Waals surface area contributed by atoms with Crippen molar-refractivity contribution in [2.75, 3.05) is 18.6 Å². The first-order valence-corrected chi connectivity index (χ1v) is 11.0. The van der Waals surface area contributed by atoms with E-state index in [0.29, 0.717) is 33.3 Å². The molecule has 5 nitrogen and oxygen atoms in total. The van der Waals surface area contributed by atoms with Crippen molar-refractivity contribution in [3.8, 4) is 5.75 Å². The molecule has 1 heterocycles. The highest BCUT2D eigenvalue weighted by molar-refractivity contribution is 7.91.